The number of carboxylic acid groups (broad SMARTS) is 1. The van der Waals surface area contributed by atoms with Crippen LogP contribution in [0, 0.1) is 0 Å². The first-order valence-corrected chi connectivity index (χ1v) is 15.8. The SMILES string of the molecule is O=C(Nc1c(Cl)c(C2CC2)nc(N2CCCC(F)(F)CC2)c1C(=O)O)c1cc(Cl)c(C2CC2)nc1N1CCCC(F)(F)CC1. The van der Waals surface area contributed by atoms with E-state index < -0.39 is 42.1 Å². The predicted octanol–water partition coefficient (Wildman–Crippen LogP) is 7.74. The Morgan fingerprint density at radius 3 is 1.89 bits per heavy atom. The molecule has 8 nitrogen and oxygen atoms in total. The van der Waals surface area contributed by atoms with Gasteiger partial charge in [-0.15, -0.1) is 0 Å². The maximum absolute atomic E-state index is 14.2. The molecule has 6 rings (SSSR count). The molecular formula is C30H33Cl2F4N5O3. The first-order chi connectivity index (χ1) is 20.8. The van der Waals surface area contributed by atoms with Crippen LogP contribution < -0.4 is 15.1 Å². The molecule has 4 heterocycles. The molecule has 0 bridgehead atoms. The van der Waals surface area contributed by atoms with Gasteiger partial charge in [-0.25, -0.2) is 32.3 Å². The van der Waals surface area contributed by atoms with E-state index in [-0.39, 0.29) is 96.6 Å². The second kappa shape index (κ2) is 11.8. The first kappa shape index (κ1) is 31.1. The number of amides is 1. The van der Waals surface area contributed by atoms with Crippen molar-refractivity contribution in [3.05, 3.63) is 38.6 Å². The fourth-order valence-electron chi connectivity index (χ4n) is 6.02. The second-order valence-electron chi connectivity index (χ2n) is 12.3. The fraction of sp³-hybridized carbons (Fsp3) is 0.600. The molecule has 44 heavy (non-hydrogen) atoms. The lowest BCUT2D eigenvalue weighted by atomic mass is 10.1. The van der Waals surface area contributed by atoms with Gasteiger partial charge in [-0.05, 0) is 44.6 Å². The highest BCUT2D eigenvalue weighted by molar-refractivity contribution is 6.36. The molecular weight excluding hydrogens is 625 g/mol. The summed E-state index contributed by atoms with van der Waals surface area (Å²) in [5.74, 6) is -7.68. The van der Waals surface area contributed by atoms with Gasteiger partial charge in [-0.3, -0.25) is 4.79 Å². The van der Waals surface area contributed by atoms with Crippen LogP contribution in [0.1, 0.15) is 108 Å². The summed E-state index contributed by atoms with van der Waals surface area (Å²) >= 11 is 13.3. The number of carbonyl (C=O) groups excluding carboxylic acids is 1. The van der Waals surface area contributed by atoms with Gasteiger partial charge >= 0.3 is 5.97 Å². The van der Waals surface area contributed by atoms with E-state index >= 15 is 0 Å². The standard InChI is InChI=1S/C30H33Cl2F4N5O3/c31-19-15-18(25(37-22(19)16-3-4-16)40-11-1-7-29(33,34)9-13-40)27(42)39-24-20(28(43)44)26(38-23(21(24)32)17-5-6-17)41-12-2-8-30(35,36)10-14-41/h15-17H,1-14H2,(H,43,44)(H,38,39,42). The molecule has 2 aliphatic heterocycles. The van der Waals surface area contributed by atoms with Crippen molar-refractivity contribution in [2.24, 2.45) is 0 Å². The molecule has 0 unspecified atom stereocenters. The van der Waals surface area contributed by atoms with E-state index in [1.165, 1.54) is 11.0 Å². The van der Waals surface area contributed by atoms with Crippen LogP contribution >= 0.6 is 23.2 Å². The van der Waals surface area contributed by atoms with Crippen molar-refractivity contribution >= 4 is 52.4 Å². The Labute approximate surface area is 262 Å². The number of alkyl halides is 4. The number of hydrogen-bond donors (Lipinski definition) is 2. The third-order valence-corrected chi connectivity index (χ3v) is 9.47. The summed E-state index contributed by atoms with van der Waals surface area (Å²) in [6.45, 7) is 0.262. The largest absolute Gasteiger partial charge is 0.477 e. The summed E-state index contributed by atoms with van der Waals surface area (Å²) in [5, 5.41) is 13.2. The molecule has 2 aliphatic carbocycles. The average molecular weight is 659 g/mol. The lowest BCUT2D eigenvalue weighted by Crippen LogP contribution is -2.31. The lowest BCUT2D eigenvalue weighted by molar-refractivity contribution is -0.0109. The van der Waals surface area contributed by atoms with Gasteiger partial charge < -0.3 is 20.2 Å². The van der Waals surface area contributed by atoms with Gasteiger partial charge in [0.2, 0.25) is 11.8 Å². The molecule has 238 valence electrons. The zero-order valence-corrected chi connectivity index (χ0v) is 25.5. The molecule has 2 N–H and O–H groups in total. The summed E-state index contributed by atoms with van der Waals surface area (Å²) in [4.78, 5) is 39.2. The van der Waals surface area contributed by atoms with E-state index in [0.717, 1.165) is 25.7 Å². The van der Waals surface area contributed by atoms with Crippen molar-refractivity contribution in [2.75, 3.05) is 41.3 Å². The minimum Gasteiger partial charge on any atom is -0.477 e. The van der Waals surface area contributed by atoms with Gasteiger partial charge in [0.05, 0.1) is 32.7 Å². The number of aromatic nitrogens is 2. The number of anilines is 3. The maximum atomic E-state index is 14.2. The summed E-state index contributed by atoms with van der Waals surface area (Å²) in [5.41, 5.74) is 0.398. The molecule has 0 spiro atoms. The minimum atomic E-state index is -2.88. The lowest BCUT2D eigenvalue weighted by Gasteiger charge is -2.27. The van der Waals surface area contributed by atoms with E-state index in [2.05, 4.69) is 10.3 Å². The van der Waals surface area contributed by atoms with Gasteiger partial charge in [-0.1, -0.05) is 23.2 Å². The van der Waals surface area contributed by atoms with E-state index in [1.54, 1.807) is 4.90 Å². The number of nitrogens with zero attached hydrogens (tertiary/aromatic N) is 4. The molecule has 4 aliphatic rings. The normalized spacial score (nSPS) is 21.9. The molecule has 2 saturated heterocycles. The Bertz CT molecular complexity index is 1490. The smallest absolute Gasteiger partial charge is 0.341 e. The third kappa shape index (κ3) is 6.56. The first-order valence-electron chi connectivity index (χ1n) is 15.1. The summed E-state index contributed by atoms with van der Waals surface area (Å²) in [6, 6.07) is 1.45. The molecule has 1 amide bonds. The molecule has 2 aromatic rings. The zero-order valence-electron chi connectivity index (χ0n) is 24.0. The van der Waals surface area contributed by atoms with Gasteiger partial charge in [0, 0.05) is 63.7 Å². The summed E-state index contributed by atoms with van der Waals surface area (Å²) in [7, 11) is 0. The number of halogens is 6. The van der Waals surface area contributed by atoms with Crippen molar-refractivity contribution in [3.8, 4) is 0 Å². The quantitative estimate of drug-likeness (QED) is 0.294. The minimum absolute atomic E-state index is 0.00206. The van der Waals surface area contributed by atoms with Gasteiger partial charge in [0.1, 0.15) is 17.2 Å². The number of nitrogens with one attached hydrogen (secondary N) is 1. The van der Waals surface area contributed by atoms with E-state index in [1.807, 2.05) is 0 Å². The van der Waals surface area contributed by atoms with Crippen LogP contribution in [0.15, 0.2) is 6.07 Å². The number of hydrogen-bond acceptors (Lipinski definition) is 6. The topological polar surface area (TPSA) is 98.7 Å². The zero-order chi connectivity index (χ0) is 31.4. The monoisotopic (exact) mass is 657 g/mol. The van der Waals surface area contributed by atoms with Crippen LogP contribution in [0.2, 0.25) is 10.0 Å². The number of rotatable bonds is 7. The van der Waals surface area contributed by atoms with Crippen molar-refractivity contribution < 1.29 is 32.3 Å². The molecule has 2 aromatic heterocycles. The van der Waals surface area contributed by atoms with Crippen LogP contribution in [0.4, 0.5) is 34.9 Å². The molecule has 14 heteroatoms. The number of carboxylic acids is 1. The van der Waals surface area contributed by atoms with Crippen LogP contribution in [-0.2, 0) is 0 Å². The molecule has 0 atom stereocenters. The van der Waals surface area contributed by atoms with Crippen molar-refractivity contribution in [2.45, 2.75) is 87.9 Å². The van der Waals surface area contributed by atoms with Crippen LogP contribution in [-0.4, -0.2) is 65.0 Å². The van der Waals surface area contributed by atoms with Gasteiger partial charge in [0.15, 0.2) is 0 Å². The van der Waals surface area contributed by atoms with Gasteiger partial charge in [-0.2, -0.15) is 0 Å². The third-order valence-electron chi connectivity index (χ3n) is 8.79. The molecule has 4 fully saturated rings. The Hall–Kier alpha value is -2.86. The Morgan fingerprint density at radius 1 is 0.818 bits per heavy atom. The Morgan fingerprint density at radius 2 is 1.34 bits per heavy atom. The van der Waals surface area contributed by atoms with Crippen molar-refractivity contribution in [3.63, 3.8) is 0 Å². The van der Waals surface area contributed by atoms with E-state index in [0.29, 0.717) is 11.4 Å². The highest BCUT2D eigenvalue weighted by atomic mass is 35.5. The summed E-state index contributed by atoms with van der Waals surface area (Å²) < 4.78 is 56.9. The molecule has 0 aromatic carbocycles. The van der Waals surface area contributed by atoms with E-state index in [9.17, 15) is 32.3 Å². The molecule has 0 radical (unpaired) electrons. The van der Waals surface area contributed by atoms with Crippen LogP contribution in [0.25, 0.3) is 0 Å². The number of pyridine rings is 2. The highest BCUT2D eigenvalue weighted by Gasteiger charge is 2.39. The van der Waals surface area contributed by atoms with Crippen LogP contribution in [0.3, 0.4) is 0 Å². The second-order valence-corrected chi connectivity index (χ2v) is 13.1. The highest BCUT2D eigenvalue weighted by Crippen LogP contribution is 2.48. The maximum Gasteiger partial charge on any atom is 0.341 e. The van der Waals surface area contributed by atoms with Crippen molar-refractivity contribution in [1.82, 2.24) is 9.97 Å². The summed E-state index contributed by atoms with van der Waals surface area (Å²) in [6.07, 6.45) is 2.12. The molecule has 2 saturated carbocycles. The predicted molar refractivity (Wildman–Crippen MR) is 159 cm³/mol. The van der Waals surface area contributed by atoms with Gasteiger partial charge in [0.25, 0.3) is 5.91 Å². The Balaban J connectivity index is 1.41. The van der Waals surface area contributed by atoms with Crippen LogP contribution in [0.5, 0.6) is 0 Å². The fourth-order valence-corrected chi connectivity index (χ4v) is 6.67. The Kier molecular flexibility index (Phi) is 8.36. The van der Waals surface area contributed by atoms with Crippen molar-refractivity contribution in [1.29, 1.82) is 0 Å². The van der Waals surface area contributed by atoms with E-state index in [4.69, 9.17) is 28.2 Å². The average Bonchev–Trinajstić information content (AvgIpc) is 3.84. The number of aromatic carboxylic acids is 1. The number of carbonyl (C=O) groups is 2.